The minimum absolute atomic E-state index is 0.0985. The molecule has 2 fully saturated rings. The fourth-order valence-electron chi connectivity index (χ4n) is 3.80. The molecule has 0 aliphatic carbocycles. The van der Waals surface area contributed by atoms with Crippen molar-refractivity contribution >= 4 is 23.8 Å². The van der Waals surface area contributed by atoms with Crippen molar-refractivity contribution in [3.05, 3.63) is 24.0 Å². The number of hydrazone groups is 1. The van der Waals surface area contributed by atoms with Crippen LogP contribution in [0.25, 0.3) is 0 Å². The SMILES string of the molecule is CN1CCON(C)C1CN1CCN(c2ccc(N3CC(CO)OC3=O)cc2F)C=N1. The zero-order valence-electron chi connectivity index (χ0n) is 17.1. The highest BCUT2D eigenvalue weighted by Gasteiger charge is 2.32. The molecule has 0 aromatic heterocycles. The van der Waals surface area contributed by atoms with Gasteiger partial charge in [0.15, 0.2) is 0 Å². The molecule has 2 unspecified atom stereocenters. The number of carbonyl (C=O) groups is 1. The average molecular weight is 422 g/mol. The van der Waals surface area contributed by atoms with Crippen molar-refractivity contribution < 1.29 is 23.9 Å². The Labute approximate surface area is 174 Å². The summed E-state index contributed by atoms with van der Waals surface area (Å²) in [5.74, 6) is -0.451. The number of amides is 1. The standard InChI is InChI=1S/C19H27FN6O4/c1-22-7-8-29-23(2)18(22)11-25-6-5-24(13-21-25)17-4-3-14(9-16(17)20)26-10-15(12-27)30-19(26)28/h3-4,9,13,15,18,27H,5-8,10-12H2,1-2H3. The fraction of sp³-hybridized carbons (Fsp3) is 0.579. The Hall–Kier alpha value is -2.47. The molecule has 3 heterocycles. The second kappa shape index (κ2) is 8.72. The summed E-state index contributed by atoms with van der Waals surface area (Å²) in [5.41, 5.74) is 0.791. The van der Waals surface area contributed by atoms with Gasteiger partial charge in [0.25, 0.3) is 0 Å². The number of hydroxylamine groups is 2. The Morgan fingerprint density at radius 3 is 2.73 bits per heavy atom. The number of hydrogen-bond donors (Lipinski definition) is 1. The summed E-state index contributed by atoms with van der Waals surface area (Å²) >= 11 is 0. The quantitative estimate of drug-likeness (QED) is 0.728. The Kier molecular flexibility index (Phi) is 6.04. The predicted molar refractivity (Wildman–Crippen MR) is 109 cm³/mol. The van der Waals surface area contributed by atoms with Crippen molar-refractivity contribution in [2.75, 3.05) is 69.8 Å². The largest absolute Gasteiger partial charge is 0.441 e. The number of hydrogen-bond acceptors (Lipinski definition) is 9. The Bertz CT molecular complexity index is 801. The molecule has 11 heteroatoms. The number of halogens is 1. The van der Waals surface area contributed by atoms with Crippen LogP contribution in [0.15, 0.2) is 23.3 Å². The van der Waals surface area contributed by atoms with Gasteiger partial charge in [-0.05, 0) is 25.2 Å². The van der Waals surface area contributed by atoms with Crippen molar-refractivity contribution in [2.45, 2.75) is 12.3 Å². The maximum Gasteiger partial charge on any atom is 0.414 e. The van der Waals surface area contributed by atoms with E-state index >= 15 is 0 Å². The topological polar surface area (TPSA) is 84.3 Å². The molecule has 2 atom stereocenters. The van der Waals surface area contributed by atoms with Crippen molar-refractivity contribution in [1.82, 2.24) is 15.0 Å². The van der Waals surface area contributed by atoms with Crippen LogP contribution in [-0.4, -0.2) is 105 Å². The molecule has 30 heavy (non-hydrogen) atoms. The van der Waals surface area contributed by atoms with Crippen LogP contribution in [0.5, 0.6) is 0 Å². The van der Waals surface area contributed by atoms with E-state index in [1.165, 1.54) is 11.0 Å². The van der Waals surface area contributed by atoms with E-state index in [1.54, 1.807) is 23.4 Å². The van der Waals surface area contributed by atoms with E-state index < -0.39 is 18.0 Å². The summed E-state index contributed by atoms with van der Waals surface area (Å²) in [4.78, 5) is 22.8. The zero-order chi connectivity index (χ0) is 21.3. The molecular formula is C19H27FN6O4. The number of anilines is 2. The lowest BCUT2D eigenvalue weighted by Gasteiger charge is -2.41. The summed E-state index contributed by atoms with van der Waals surface area (Å²) in [6.07, 6.45) is 0.546. The maximum atomic E-state index is 14.8. The highest BCUT2D eigenvalue weighted by Crippen LogP contribution is 2.28. The number of rotatable bonds is 5. The number of carbonyl (C=O) groups excluding carboxylic acids is 1. The Morgan fingerprint density at radius 1 is 1.27 bits per heavy atom. The van der Waals surface area contributed by atoms with Crippen LogP contribution < -0.4 is 9.80 Å². The lowest BCUT2D eigenvalue weighted by Crippen LogP contribution is -2.56. The summed E-state index contributed by atoms with van der Waals surface area (Å²) in [5, 5.41) is 17.4. The molecule has 1 aromatic rings. The van der Waals surface area contributed by atoms with E-state index in [4.69, 9.17) is 14.7 Å². The van der Waals surface area contributed by atoms with Crippen molar-refractivity contribution in [3.63, 3.8) is 0 Å². The average Bonchev–Trinajstić information content (AvgIpc) is 3.12. The van der Waals surface area contributed by atoms with E-state index in [0.717, 1.165) is 6.54 Å². The number of aliphatic hydroxyl groups excluding tert-OH is 1. The van der Waals surface area contributed by atoms with Crippen molar-refractivity contribution in [1.29, 1.82) is 0 Å². The molecule has 0 bridgehead atoms. The van der Waals surface area contributed by atoms with E-state index in [0.29, 0.717) is 37.6 Å². The molecule has 1 N–H and O–H groups in total. The highest BCUT2D eigenvalue weighted by molar-refractivity contribution is 5.90. The van der Waals surface area contributed by atoms with Gasteiger partial charge in [-0.3, -0.25) is 19.6 Å². The second-order valence-electron chi connectivity index (χ2n) is 7.61. The third-order valence-corrected chi connectivity index (χ3v) is 5.62. The van der Waals surface area contributed by atoms with Crippen LogP contribution >= 0.6 is 0 Å². The third kappa shape index (κ3) is 4.19. The van der Waals surface area contributed by atoms with Gasteiger partial charge < -0.3 is 14.7 Å². The zero-order valence-corrected chi connectivity index (χ0v) is 17.1. The van der Waals surface area contributed by atoms with Crippen LogP contribution in [0.1, 0.15) is 0 Å². The lowest BCUT2D eigenvalue weighted by atomic mass is 10.2. The molecule has 10 nitrogen and oxygen atoms in total. The molecule has 3 aliphatic rings. The van der Waals surface area contributed by atoms with Gasteiger partial charge in [-0.25, -0.2) is 9.18 Å². The lowest BCUT2D eigenvalue weighted by molar-refractivity contribution is -0.238. The number of cyclic esters (lactones) is 1. The van der Waals surface area contributed by atoms with E-state index in [9.17, 15) is 9.18 Å². The summed E-state index contributed by atoms with van der Waals surface area (Å²) in [6, 6.07) is 4.60. The third-order valence-electron chi connectivity index (χ3n) is 5.62. The van der Waals surface area contributed by atoms with E-state index in [2.05, 4.69) is 17.0 Å². The Morgan fingerprint density at radius 2 is 2.10 bits per heavy atom. The van der Waals surface area contributed by atoms with E-state index in [-0.39, 0.29) is 19.3 Å². The van der Waals surface area contributed by atoms with Gasteiger partial charge in [-0.2, -0.15) is 10.2 Å². The van der Waals surface area contributed by atoms with Gasteiger partial charge >= 0.3 is 6.09 Å². The first-order valence-electron chi connectivity index (χ1n) is 9.96. The van der Waals surface area contributed by atoms with Crippen LogP contribution in [0.4, 0.5) is 20.6 Å². The van der Waals surface area contributed by atoms with Crippen LogP contribution in [-0.2, 0) is 9.57 Å². The number of nitrogens with zero attached hydrogens (tertiary/aromatic N) is 6. The minimum atomic E-state index is -0.590. The van der Waals surface area contributed by atoms with Crippen LogP contribution in [0, 0.1) is 5.82 Å². The normalized spacial score (nSPS) is 25.9. The number of likely N-dealkylation sites (N-methyl/N-ethyl adjacent to an activating group) is 2. The van der Waals surface area contributed by atoms with Crippen LogP contribution in [0.3, 0.4) is 0 Å². The molecular weight excluding hydrogens is 395 g/mol. The molecule has 3 aliphatic heterocycles. The van der Waals surface area contributed by atoms with Crippen molar-refractivity contribution in [3.8, 4) is 0 Å². The highest BCUT2D eigenvalue weighted by atomic mass is 19.1. The first-order valence-corrected chi connectivity index (χ1v) is 9.96. The van der Waals surface area contributed by atoms with E-state index in [1.807, 2.05) is 17.1 Å². The molecule has 4 rings (SSSR count). The smallest absolute Gasteiger partial charge is 0.414 e. The molecule has 1 amide bonds. The first-order chi connectivity index (χ1) is 14.5. The first kappa shape index (κ1) is 20.8. The molecule has 2 saturated heterocycles. The number of aliphatic hydroxyl groups is 1. The second-order valence-corrected chi connectivity index (χ2v) is 7.61. The molecule has 164 valence electrons. The molecule has 0 saturated carbocycles. The Balaban J connectivity index is 1.40. The summed E-state index contributed by atoms with van der Waals surface area (Å²) in [7, 11) is 3.97. The maximum absolute atomic E-state index is 14.8. The van der Waals surface area contributed by atoms with Crippen molar-refractivity contribution in [2.24, 2.45) is 5.10 Å². The molecule has 1 aromatic carbocycles. The summed E-state index contributed by atoms with van der Waals surface area (Å²) in [6.45, 7) is 3.38. The predicted octanol–water partition coefficient (Wildman–Crippen LogP) is 0.343. The summed E-state index contributed by atoms with van der Waals surface area (Å²) < 4.78 is 19.8. The monoisotopic (exact) mass is 422 g/mol. The molecule has 0 spiro atoms. The number of ether oxygens (including phenoxy) is 1. The van der Waals surface area contributed by atoms with Gasteiger partial charge in [-0.15, -0.1) is 0 Å². The fourth-order valence-corrected chi connectivity index (χ4v) is 3.80. The van der Waals surface area contributed by atoms with Crippen LogP contribution in [0.2, 0.25) is 0 Å². The van der Waals surface area contributed by atoms with Gasteiger partial charge in [0.2, 0.25) is 0 Å². The van der Waals surface area contributed by atoms with Gasteiger partial charge in [0, 0.05) is 20.1 Å². The van der Waals surface area contributed by atoms with Gasteiger partial charge in [0.05, 0.1) is 44.2 Å². The molecule has 0 radical (unpaired) electrons. The minimum Gasteiger partial charge on any atom is -0.441 e. The van der Waals surface area contributed by atoms with Gasteiger partial charge in [0.1, 0.15) is 24.4 Å². The number of benzene rings is 1. The van der Waals surface area contributed by atoms with Gasteiger partial charge in [-0.1, -0.05) is 0 Å².